The zero-order valence-electron chi connectivity index (χ0n) is 8.67. The van der Waals surface area contributed by atoms with E-state index in [9.17, 15) is 19.2 Å². The fourth-order valence-corrected chi connectivity index (χ4v) is 1.02. The molecule has 2 amide bonds. The predicted molar refractivity (Wildman–Crippen MR) is 53.3 cm³/mol. The molecular formula is C9H14N2O5. The van der Waals surface area contributed by atoms with Gasteiger partial charge in [-0.3, -0.25) is 19.3 Å². The van der Waals surface area contributed by atoms with E-state index in [2.05, 4.69) is 0 Å². The van der Waals surface area contributed by atoms with Gasteiger partial charge in [-0.2, -0.15) is 0 Å². The average Bonchev–Trinajstić information content (AvgIpc) is 2.25. The Morgan fingerprint density at radius 3 is 2.44 bits per heavy atom. The summed E-state index contributed by atoms with van der Waals surface area (Å²) in [4.78, 5) is 43.0. The van der Waals surface area contributed by atoms with Gasteiger partial charge >= 0.3 is 5.97 Å². The summed E-state index contributed by atoms with van der Waals surface area (Å²) in [5.74, 6) is -1.78. The van der Waals surface area contributed by atoms with E-state index in [0.717, 1.165) is 0 Å². The van der Waals surface area contributed by atoms with Gasteiger partial charge in [0.2, 0.25) is 12.3 Å². The molecule has 0 aliphatic rings. The minimum atomic E-state index is -1.11. The maximum atomic E-state index is 11.5. The quantitative estimate of drug-likeness (QED) is 0.503. The maximum absolute atomic E-state index is 11.5. The molecule has 0 unspecified atom stereocenters. The molecule has 0 heterocycles. The highest BCUT2D eigenvalue weighted by Crippen LogP contribution is 1.99. The molecule has 7 nitrogen and oxygen atoms in total. The lowest BCUT2D eigenvalue weighted by Crippen LogP contribution is -2.43. The van der Waals surface area contributed by atoms with Crippen LogP contribution in [-0.2, 0) is 19.2 Å². The summed E-state index contributed by atoms with van der Waals surface area (Å²) in [6.07, 6.45) is 0.796. The number of hydrogen-bond acceptors (Lipinski definition) is 5. The number of nitrogens with zero attached hydrogens (tertiary/aromatic N) is 1. The molecule has 0 aromatic rings. The Labute approximate surface area is 92.2 Å². The minimum absolute atomic E-state index is 0.124. The van der Waals surface area contributed by atoms with Crippen LogP contribution in [0.3, 0.4) is 0 Å². The van der Waals surface area contributed by atoms with E-state index in [4.69, 9.17) is 10.8 Å². The van der Waals surface area contributed by atoms with Gasteiger partial charge in [0.1, 0.15) is 6.29 Å². The Bertz CT molecular complexity index is 279. The number of imide groups is 1. The molecular weight excluding hydrogens is 216 g/mol. The minimum Gasteiger partial charge on any atom is -0.481 e. The highest BCUT2D eigenvalue weighted by atomic mass is 16.4. The molecule has 90 valence electrons. The van der Waals surface area contributed by atoms with Crippen molar-refractivity contribution in [3.63, 3.8) is 0 Å². The lowest BCUT2D eigenvalue weighted by atomic mass is 10.1. The van der Waals surface area contributed by atoms with Crippen molar-refractivity contribution in [2.24, 2.45) is 5.73 Å². The molecule has 0 bridgehead atoms. The first-order valence-corrected chi connectivity index (χ1v) is 4.69. The van der Waals surface area contributed by atoms with E-state index in [1.807, 2.05) is 0 Å². The summed E-state index contributed by atoms with van der Waals surface area (Å²) in [7, 11) is 0. The third kappa shape index (κ3) is 5.20. The van der Waals surface area contributed by atoms with Gasteiger partial charge in [0.15, 0.2) is 0 Å². The smallest absolute Gasteiger partial charge is 0.305 e. The van der Waals surface area contributed by atoms with Crippen molar-refractivity contribution < 1.29 is 24.3 Å². The molecule has 0 spiro atoms. The molecule has 0 saturated heterocycles. The Hall–Kier alpha value is -1.76. The molecule has 0 aliphatic heterocycles. The van der Waals surface area contributed by atoms with Gasteiger partial charge in [-0.15, -0.1) is 0 Å². The van der Waals surface area contributed by atoms with Crippen molar-refractivity contribution in [3.05, 3.63) is 0 Å². The van der Waals surface area contributed by atoms with E-state index >= 15 is 0 Å². The molecule has 0 fully saturated rings. The molecule has 0 saturated carbocycles. The third-order valence-corrected chi connectivity index (χ3v) is 1.89. The van der Waals surface area contributed by atoms with Crippen molar-refractivity contribution in [1.82, 2.24) is 4.90 Å². The zero-order valence-corrected chi connectivity index (χ0v) is 8.67. The van der Waals surface area contributed by atoms with E-state index < -0.39 is 17.9 Å². The first-order chi connectivity index (χ1) is 7.52. The molecule has 16 heavy (non-hydrogen) atoms. The number of carboxylic acid groups (broad SMARTS) is 1. The summed E-state index contributed by atoms with van der Waals surface area (Å²) >= 11 is 0. The number of aldehydes is 1. The first-order valence-electron chi connectivity index (χ1n) is 4.69. The van der Waals surface area contributed by atoms with Crippen molar-refractivity contribution in [1.29, 1.82) is 0 Å². The second-order valence-electron chi connectivity index (χ2n) is 3.13. The Kier molecular flexibility index (Phi) is 6.69. The second kappa shape index (κ2) is 7.52. The molecule has 0 radical (unpaired) electrons. The summed E-state index contributed by atoms with van der Waals surface area (Å²) in [5, 5.41) is 8.39. The number of carboxylic acids is 1. The molecule has 0 rings (SSSR count). The van der Waals surface area contributed by atoms with Gasteiger partial charge in [-0.05, 0) is 6.42 Å². The largest absolute Gasteiger partial charge is 0.481 e. The van der Waals surface area contributed by atoms with E-state index in [0.29, 0.717) is 11.2 Å². The molecule has 0 aliphatic carbocycles. The van der Waals surface area contributed by atoms with Crippen molar-refractivity contribution in [3.8, 4) is 0 Å². The van der Waals surface area contributed by atoms with Crippen molar-refractivity contribution in [2.75, 3.05) is 6.54 Å². The zero-order chi connectivity index (χ0) is 12.6. The van der Waals surface area contributed by atoms with Crippen LogP contribution in [0.2, 0.25) is 0 Å². The number of carbonyl (C=O) groups is 4. The Morgan fingerprint density at radius 1 is 1.38 bits per heavy atom. The van der Waals surface area contributed by atoms with Crippen LogP contribution in [0.25, 0.3) is 0 Å². The normalized spacial score (nSPS) is 11.6. The number of nitrogens with two attached hydrogens (primary N) is 1. The monoisotopic (exact) mass is 230 g/mol. The number of hydrogen-bond donors (Lipinski definition) is 2. The van der Waals surface area contributed by atoms with Gasteiger partial charge < -0.3 is 15.6 Å². The van der Waals surface area contributed by atoms with Crippen LogP contribution < -0.4 is 5.73 Å². The van der Waals surface area contributed by atoms with Crippen LogP contribution in [-0.4, -0.2) is 47.2 Å². The SMILES string of the molecule is N[C@@H](CCC=O)C(=O)N(C=O)CCC(=O)O. The number of carbonyl (C=O) groups excluding carboxylic acids is 3. The van der Waals surface area contributed by atoms with E-state index in [-0.39, 0.29) is 32.2 Å². The number of rotatable bonds is 8. The third-order valence-electron chi connectivity index (χ3n) is 1.89. The highest BCUT2D eigenvalue weighted by Gasteiger charge is 2.20. The summed E-state index contributed by atoms with van der Waals surface area (Å²) in [5.41, 5.74) is 5.43. The lowest BCUT2D eigenvalue weighted by Gasteiger charge is -2.18. The molecule has 0 aromatic heterocycles. The van der Waals surface area contributed by atoms with Crippen LogP contribution in [0.15, 0.2) is 0 Å². The van der Waals surface area contributed by atoms with Gasteiger partial charge in [-0.1, -0.05) is 0 Å². The first kappa shape index (κ1) is 14.2. The Balaban J connectivity index is 4.22. The fraction of sp³-hybridized carbons (Fsp3) is 0.556. The van der Waals surface area contributed by atoms with Gasteiger partial charge in [0.25, 0.3) is 0 Å². The van der Waals surface area contributed by atoms with Crippen LogP contribution >= 0.6 is 0 Å². The average molecular weight is 230 g/mol. The Morgan fingerprint density at radius 2 is 2.00 bits per heavy atom. The highest BCUT2D eigenvalue weighted by molar-refractivity contribution is 5.90. The molecule has 1 atom stereocenters. The maximum Gasteiger partial charge on any atom is 0.305 e. The van der Waals surface area contributed by atoms with E-state index in [1.165, 1.54) is 0 Å². The van der Waals surface area contributed by atoms with Crippen LogP contribution in [0.4, 0.5) is 0 Å². The molecule has 7 heteroatoms. The predicted octanol–water partition coefficient (Wildman–Crippen LogP) is -1.25. The van der Waals surface area contributed by atoms with E-state index in [1.54, 1.807) is 0 Å². The summed E-state index contributed by atoms with van der Waals surface area (Å²) in [6, 6.07) is -0.954. The molecule has 3 N–H and O–H groups in total. The van der Waals surface area contributed by atoms with Crippen LogP contribution in [0.5, 0.6) is 0 Å². The number of aliphatic carboxylic acids is 1. The van der Waals surface area contributed by atoms with Gasteiger partial charge in [0, 0.05) is 13.0 Å². The second-order valence-corrected chi connectivity index (χ2v) is 3.13. The number of amides is 2. The van der Waals surface area contributed by atoms with Crippen LogP contribution in [0.1, 0.15) is 19.3 Å². The van der Waals surface area contributed by atoms with Crippen molar-refractivity contribution >= 4 is 24.6 Å². The standard InChI is InChI=1S/C9H14N2O5/c10-7(2-1-5-12)9(16)11(6-13)4-3-8(14)15/h5-7H,1-4,10H2,(H,14,15)/t7-/m0/s1. The van der Waals surface area contributed by atoms with Crippen molar-refractivity contribution in [2.45, 2.75) is 25.3 Å². The van der Waals surface area contributed by atoms with Gasteiger partial charge in [0.05, 0.1) is 12.5 Å². The van der Waals surface area contributed by atoms with Crippen LogP contribution in [0, 0.1) is 0 Å². The summed E-state index contributed by atoms with van der Waals surface area (Å²) in [6.45, 7) is -0.216. The molecule has 0 aromatic carbocycles. The summed E-state index contributed by atoms with van der Waals surface area (Å²) < 4.78 is 0. The fourth-order valence-electron chi connectivity index (χ4n) is 1.02. The van der Waals surface area contributed by atoms with Gasteiger partial charge in [-0.25, -0.2) is 0 Å². The lowest BCUT2D eigenvalue weighted by molar-refractivity contribution is -0.141. The topological polar surface area (TPSA) is 118 Å².